The van der Waals surface area contributed by atoms with Crippen LogP contribution in [-0.2, 0) is 4.79 Å². The lowest BCUT2D eigenvalue weighted by Gasteiger charge is -2.36. The average molecular weight is 370 g/mol. The molecule has 7 nitrogen and oxygen atoms in total. The number of hydrogen-bond acceptors (Lipinski definition) is 6. The molecule has 2 aliphatic rings. The van der Waals surface area contributed by atoms with Crippen molar-refractivity contribution >= 4 is 27.8 Å². The Bertz CT molecular complexity index is 542. The van der Waals surface area contributed by atoms with Gasteiger partial charge in [0.15, 0.2) is 0 Å². The second-order valence-corrected chi connectivity index (χ2v) is 6.34. The zero-order valence-corrected chi connectivity index (χ0v) is 14.2. The first-order valence-electron chi connectivity index (χ1n) is 7.52. The van der Waals surface area contributed by atoms with Crippen LogP contribution in [0.15, 0.2) is 10.7 Å². The minimum Gasteiger partial charge on any atom is -0.480 e. The maximum Gasteiger partial charge on any atom is 0.239 e. The molecule has 120 valence electrons. The van der Waals surface area contributed by atoms with Crippen molar-refractivity contribution in [3.05, 3.63) is 10.7 Å². The molecule has 3 rings (SSSR count). The fourth-order valence-electron chi connectivity index (χ4n) is 2.88. The van der Waals surface area contributed by atoms with Gasteiger partial charge in [-0.1, -0.05) is 0 Å². The van der Waals surface area contributed by atoms with E-state index in [-0.39, 0.29) is 11.9 Å². The smallest absolute Gasteiger partial charge is 0.239 e. The molecule has 1 atom stereocenters. The highest BCUT2D eigenvalue weighted by atomic mass is 79.9. The number of halogens is 1. The molecule has 1 unspecified atom stereocenters. The molecular formula is C14H20BrN5O2. The molecule has 0 saturated carbocycles. The van der Waals surface area contributed by atoms with E-state index in [1.54, 1.807) is 13.3 Å². The number of amides is 1. The van der Waals surface area contributed by atoms with E-state index in [4.69, 9.17) is 4.74 Å². The first kappa shape index (κ1) is 15.5. The van der Waals surface area contributed by atoms with Gasteiger partial charge in [-0.05, 0) is 35.3 Å². The van der Waals surface area contributed by atoms with E-state index in [1.807, 2.05) is 4.90 Å². The van der Waals surface area contributed by atoms with E-state index in [1.165, 1.54) is 0 Å². The summed E-state index contributed by atoms with van der Waals surface area (Å²) in [7, 11) is 1.59. The number of methoxy groups -OCH3 is 1. The van der Waals surface area contributed by atoms with Gasteiger partial charge in [0.25, 0.3) is 0 Å². The molecule has 2 aliphatic heterocycles. The van der Waals surface area contributed by atoms with Gasteiger partial charge in [0, 0.05) is 26.2 Å². The van der Waals surface area contributed by atoms with Gasteiger partial charge < -0.3 is 19.9 Å². The third-order valence-electron chi connectivity index (χ3n) is 4.13. The van der Waals surface area contributed by atoms with E-state index < -0.39 is 0 Å². The second-order valence-electron chi connectivity index (χ2n) is 5.49. The topological polar surface area (TPSA) is 70.6 Å². The Morgan fingerprint density at radius 3 is 2.82 bits per heavy atom. The van der Waals surface area contributed by atoms with Gasteiger partial charge in [-0.2, -0.15) is 4.98 Å². The summed E-state index contributed by atoms with van der Waals surface area (Å²) in [5.74, 6) is 1.40. The van der Waals surface area contributed by atoms with Crippen LogP contribution in [0.2, 0.25) is 0 Å². The van der Waals surface area contributed by atoms with Crippen molar-refractivity contribution in [2.45, 2.75) is 18.9 Å². The molecule has 1 aromatic heterocycles. The molecule has 0 spiro atoms. The first-order valence-corrected chi connectivity index (χ1v) is 8.32. The SMILES string of the molecule is COc1nc(N2CCN(C(=O)C3CCCN3)CC2)ncc1Br. The molecule has 0 aliphatic carbocycles. The van der Waals surface area contributed by atoms with Crippen LogP contribution in [0.5, 0.6) is 5.88 Å². The van der Waals surface area contributed by atoms with Gasteiger partial charge >= 0.3 is 0 Å². The van der Waals surface area contributed by atoms with Crippen LogP contribution in [0, 0.1) is 0 Å². The maximum atomic E-state index is 12.4. The molecule has 1 amide bonds. The monoisotopic (exact) mass is 369 g/mol. The Balaban J connectivity index is 1.60. The molecule has 1 aromatic rings. The molecule has 22 heavy (non-hydrogen) atoms. The molecular weight excluding hydrogens is 350 g/mol. The van der Waals surface area contributed by atoms with E-state index in [9.17, 15) is 4.79 Å². The average Bonchev–Trinajstić information content (AvgIpc) is 3.09. The first-order chi connectivity index (χ1) is 10.7. The molecule has 2 fully saturated rings. The fourth-order valence-corrected chi connectivity index (χ4v) is 3.23. The van der Waals surface area contributed by atoms with Crippen molar-refractivity contribution in [3.8, 4) is 5.88 Å². The minimum atomic E-state index is 0.00979. The minimum absolute atomic E-state index is 0.00979. The number of anilines is 1. The zero-order valence-electron chi connectivity index (χ0n) is 12.6. The molecule has 0 bridgehead atoms. The van der Waals surface area contributed by atoms with Crippen molar-refractivity contribution in [2.24, 2.45) is 0 Å². The lowest BCUT2D eigenvalue weighted by Crippen LogP contribution is -2.53. The Morgan fingerprint density at radius 1 is 1.41 bits per heavy atom. The van der Waals surface area contributed by atoms with Gasteiger partial charge in [0.1, 0.15) is 0 Å². The van der Waals surface area contributed by atoms with Crippen molar-refractivity contribution in [3.63, 3.8) is 0 Å². The van der Waals surface area contributed by atoms with Crippen LogP contribution in [0.25, 0.3) is 0 Å². The summed E-state index contributed by atoms with van der Waals surface area (Å²) in [5, 5.41) is 3.27. The van der Waals surface area contributed by atoms with Crippen molar-refractivity contribution in [2.75, 3.05) is 44.7 Å². The number of hydrogen-bond donors (Lipinski definition) is 1. The third-order valence-corrected chi connectivity index (χ3v) is 4.67. The Kier molecular flexibility index (Phi) is 4.77. The highest BCUT2D eigenvalue weighted by Gasteiger charge is 2.29. The van der Waals surface area contributed by atoms with Crippen LogP contribution in [0.3, 0.4) is 0 Å². The second kappa shape index (κ2) is 6.78. The number of ether oxygens (including phenoxy) is 1. The van der Waals surface area contributed by atoms with E-state index in [0.29, 0.717) is 24.9 Å². The summed E-state index contributed by atoms with van der Waals surface area (Å²) in [5.41, 5.74) is 0. The number of aromatic nitrogens is 2. The largest absolute Gasteiger partial charge is 0.480 e. The van der Waals surface area contributed by atoms with Gasteiger partial charge in [-0.3, -0.25) is 4.79 Å². The Labute approximate surface area is 138 Å². The van der Waals surface area contributed by atoms with E-state index >= 15 is 0 Å². The quantitative estimate of drug-likeness (QED) is 0.843. The lowest BCUT2D eigenvalue weighted by atomic mass is 10.2. The summed E-state index contributed by atoms with van der Waals surface area (Å²) < 4.78 is 5.94. The molecule has 0 radical (unpaired) electrons. The van der Waals surface area contributed by atoms with Gasteiger partial charge in [0.2, 0.25) is 17.7 Å². The normalized spacial score (nSPS) is 22.0. The third kappa shape index (κ3) is 3.17. The molecule has 8 heteroatoms. The van der Waals surface area contributed by atoms with Crippen molar-refractivity contribution < 1.29 is 9.53 Å². The van der Waals surface area contributed by atoms with Crippen molar-refractivity contribution in [1.29, 1.82) is 0 Å². The standard InChI is InChI=1S/C14H20BrN5O2/c1-22-12-10(15)9-17-14(18-12)20-7-5-19(6-8-20)13(21)11-3-2-4-16-11/h9,11,16H,2-8H2,1H3. The number of carbonyl (C=O) groups excluding carboxylic acids is 1. The lowest BCUT2D eigenvalue weighted by molar-refractivity contribution is -0.133. The summed E-state index contributed by atoms with van der Waals surface area (Å²) in [6.45, 7) is 3.84. The van der Waals surface area contributed by atoms with Crippen molar-refractivity contribution in [1.82, 2.24) is 20.2 Å². The molecule has 2 saturated heterocycles. The van der Waals surface area contributed by atoms with Gasteiger partial charge in [-0.25, -0.2) is 4.98 Å². The number of nitrogens with zero attached hydrogens (tertiary/aromatic N) is 4. The Morgan fingerprint density at radius 2 is 2.18 bits per heavy atom. The highest BCUT2D eigenvalue weighted by molar-refractivity contribution is 9.10. The Hall–Kier alpha value is -1.41. The van der Waals surface area contributed by atoms with E-state index in [0.717, 1.165) is 36.9 Å². The maximum absolute atomic E-state index is 12.4. The van der Waals surface area contributed by atoms with Crippen LogP contribution in [0.4, 0.5) is 5.95 Å². The molecule has 3 heterocycles. The fraction of sp³-hybridized carbons (Fsp3) is 0.643. The van der Waals surface area contributed by atoms with E-state index in [2.05, 4.69) is 36.1 Å². The number of piperazine rings is 1. The highest BCUT2D eigenvalue weighted by Crippen LogP contribution is 2.24. The molecule has 1 N–H and O–H groups in total. The van der Waals surface area contributed by atoms with Crippen LogP contribution in [-0.4, -0.2) is 66.7 Å². The van der Waals surface area contributed by atoms with Crippen LogP contribution >= 0.6 is 15.9 Å². The predicted octanol–water partition coefficient (Wildman–Crippen LogP) is 0.648. The summed E-state index contributed by atoms with van der Waals surface area (Å²) in [4.78, 5) is 25.1. The summed E-state index contributed by atoms with van der Waals surface area (Å²) in [6.07, 6.45) is 3.73. The summed E-state index contributed by atoms with van der Waals surface area (Å²) in [6, 6.07) is 0.00979. The zero-order chi connectivity index (χ0) is 15.5. The number of nitrogens with one attached hydrogen (secondary N) is 1. The van der Waals surface area contributed by atoms with Crippen LogP contribution in [0.1, 0.15) is 12.8 Å². The summed E-state index contributed by atoms with van der Waals surface area (Å²) >= 11 is 3.35. The number of rotatable bonds is 3. The predicted molar refractivity (Wildman–Crippen MR) is 86.1 cm³/mol. The molecule has 0 aromatic carbocycles. The van der Waals surface area contributed by atoms with Crippen LogP contribution < -0.4 is 15.0 Å². The van der Waals surface area contributed by atoms with Gasteiger partial charge in [-0.15, -0.1) is 0 Å². The number of carbonyl (C=O) groups is 1. The van der Waals surface area contributed by atoms with Gasteiger partial charge in [0.05, 0.1) is 23.8 Å².